The summed E-state index contributed by atoms with van der Waals surface area (Å²) >= 11 is 0. The second kappa shape index (κ2) is 4.69. The molecule has 0 aliphatic heterocycles. The van der Waals surface area contributed by atoms with Crippen LogP contribution < -0.4 is 0 Å². The molecule has 0 aromatic heterocycles. The molecule has 0 radical (unpaired) electrons. The number of nitrogens with zero attached hydrogens (tertiary/aromatic N) is 2. The highest BCUT2D eigenvalue weighted by molar-refractivity contribution is 5.87. The monoisotopic (exact) mass is 230 g/mol. The highest BCUT2D eigenvalue weighted by Crippen LogP contribution is 2.34. The largest absolute Gasteiger partial charge is 0.504 e. The smallest absolute Gasteiger partial charge is 0.328 e. The summed E-state index contributed by atoms with van der Waals surface area (Å²) in [5, 5.41) is 44.7. The minimum Gasteiger partial charge on any atom is -0.504 e. The molecule has 1 rings (SSSR count). The zero-order chi connectivity index (χ0) is 13.0. The molecule has 6 heteroatoms. The van der Waals surface area contributed by atoms with Crippen LogP contribution in [-0.4, -0.2) is 21.3 Å². The Morgan fingerprint density at radius 1 is 1.29 bits per heavy atom. The number of hydrogen-bond donors (Lipinski definition) is 3. The molecule has 0 aliphatic rings. The molecule has 0 bridgehead atoms. The van der Waals surface area contributed by atoms with Crippen LogP contribution in [0.25, 0.3) is 6.08 Å². The number of benzene rings is 1. The molecule has 1 aromatic rings. The second-order valence-electron chi connectivity index (χ2n) is 2.98. The van der Waals surface area contributed by atoms with Crippen LogP contribution in [0.2, 0.25) is 0 Å². The minimum absolute atomic E-state index is 0.0484. The van der Waals surface area contributed by atoms with Gasteiger partial charge in [0.2, 0.25) is 0 Å². The van der Waals surface area contributed by atoms with Crippen LogP contribution in [0.5, 0.6) is 11.5 Å². The Morgan fingerprint density at radius 2 is 1.94 bits per heavy atom. The standard InChI is InChI=1S/C11H6N2O4/c12-4-6-3-9(14)11(17)8(5-13)7(6)1-2-10(15)16/h1-3,14,17H,(H,15,16). The first-order chi connectivity index (χ1) is 8.01. The zero-order valence-corrected chi connectivity index (χ0v) is 8.38. The lowest BCUT2D eigenvalue weighted by Gasteiger charge is -2.05. The highest BCUT2D eigenvalue weighted by atomic mass is 16.4. The van der Waals surface area contributed by atoms with Crippen molar-refractivity contribution in [2.24, 2.45) is 0 Å². The van der Waals surface area contributed by atoms with Gasteiger partial charge in [-0.3, -0.25) is 0 Å². The van der Waals surface area contributed by atoms with E-state index in [1.807, 2.05) is 0 Å². The summed E-state index contributed by atoms with van der Waals surface area (Å²) in [6.07, 6.45) is 1.74. The SMILES string of the molecule is N#Cc1cc(O)c(O)c(C#N)c1C=CC(=O)O. The van der Waals surface area contributed by atoms with E-state index >= 15 is 0 Å². The molecule has 0 spiro atoms. The van der Waals surface area contributed by atoms with Crippen molar-refractivity contribution < 1.29 is 20.1 Å². The lowest BCUT2D eigenvalue weighted by atomic mass is 10.00. The summed E-state index contributed by atoms with van der Waals surface area (Å²) in [5.41, 5.74) is -0.499. The number of aliphatic carboxylic acids is 1. The molecule has 6 nitrogen and oxygen atoms in total. The van der Waals surface area contributed by atoms with Gasteiger partial charge >= 0.3 is 5.97 Å². The van der Waals surface area contributed by atoms with Gasteiger partial charge in [0.1, 0.15) is 11.6 Å². The Kier molecular flexibility index (Phi) is 3.33. The second-order valence-corrected chi connectivity index (χ2v) is 2.98. The molecule has 0 saturated heterocycles. The summed E-state index contributed by atoms with van der Waals surface area (Å²) in [5.74, 6) is -2.55. The first-order valence-corrected chi connectivity index (χ1v) is 4.31. The summed E-state index contributed by atoms with van der Waals surface area (Å²) in [4.78, 5) is 10.4. The summed E-state index contributed by atoms with van der Waals surface area (Å²) < 4.78 is 0. The normalized spacial score (nSPS) is 9.76. The molecule has 17 heavy (non-hydrogen) atoms. The molecule has 0 amide bonds. The maximum Gasteiger partial charge on any atom is 0.328 e. The van der Waals surface area contributed by atoms with E-state index in [-0.39, 0.29) is 16.7 Å². The van der Waals surface area contributed by atoms with Crippen LogP contribution in [0.15, 0.2) is 12.1 Å². The van der Waals surface area contributed by atoms with Crippen molar-refractivity contribution in [1.82, 2.24) is 0 Å². The van der Waals surface area contributed by atoms with Crippen LogP contribution in [0.3, 0.4) is 0 Å². The quantitative estimate of drug-likeness (QED) is 0.512. The number of rotatable bonds is 2. The van der Waals surface area contributed by atoms with Crippen molar-refractivity contribution in [3.8, 4) is 23.6 Å². The maximum atomic E-state index is 10.4. The fraction of sp³-hybridized carbons (Fsp3) is 0. The van der Waals surface area contributed by atoms with Crippen molar-refractivity contribution in [2.45, 2.75) is 0 Å². The molecule has 0 unspecified atom stereocenters. The van der Waals surface area contributed by atoms with Gasteiger partial charge in [-0.25, -0.2) is 4.79 Å². The Morgan fingerprint density at radius 3 is 2.41 bits per heavy atom. The van der Waals surface area contributed by atoms with Crippen molar-refractivity contribution in [3.63, 3.8) is 0 Å². The van der Waals surface area contributed by atoms with Gasteiger partial charge in [0.25, 0.3) is 0 Å². The first-order valence-electron chi connectivity index (χ1n) is 4.31. The fourth-order valence-electron chi connectivity index (χ4n) is 1.21. The fourth-order valence-corrected chi connectivity index (χ4v) is 1.21. The van der Waals surface area contributed by atoms with Gasteiger partial charge in [0, 0.05) is 17.7 Å². The molecule has 1 aromatic carbocycles. The molecular formula is C11H6N2O4. The van der Waals surface area contributed by atoms with Gasteiger partial charge in [-0.1, -0.05) is 0 Å². The summed E-state index contributed by atoms with van der Waals surface area (Å²) in [7, 11) is 0. The minimum atomic E-state index is -1.26. The summed E-state index contributed by atoms with van der Waals surface area (Å²) in [6.45, 7) is 0. The Hall–Kier alpha value is -2.99. The van der Waals surface area contributed by atoms with E-state index in [9.17, 15) is 15.0 Å². The van der Waals surface area contributed by atoms with E-state index in [1.54, 1.807) is 12.1 Å². The maximum absolute atomic E-state index is 10.4. The van der Waals surface area contributed by atoms with E-state index < -0.39 is 17.5 Å². The average Bonchev–Trinajstić information content (AvgIpc) is 2.29. The lowest BCUT2D eigenvalue weighted by molar-refractivity contribution is -0.131. The summed E-state index contributed by atoms with van der Waals surface area (Å²) in [6, 6.07) is 4.25. The van der Waals surface area contributed by atoms with Crippen LogP contribution in [0.1, 0.15) is 16.7 Å². The van der Waals surface area contributed by atoms with E-state index in [0.717, 1.165) is 18.2 Å². The molecule has 0 saturated carbocycles. The van der Waals surface area contributed by atoms with Crippen molar-refractivity contribution >= 4 is 12.0 Å². The lowest BCUT2D eigenvalue weighted by Crippen LogP contribution is -1.92. The molecule has 0 aliphatic carbocycles. The third-order valence-electron chi connectivity index (χ3n) is 1.94. The van der Waals surface area contributed by atoms with Gasteiger partial charge in [0.05, 0.1) is 11.6 Å². The van der Waals surface area contributed by atoms with Crippen molar-refractivity contribution in [3.05, 3.63) is 28.8 Å². The Bertz CT molecular complexity index is 591. The molecule has 0 heterocycles. The van der Waals surface area contributed by atoms with Crippen molar-refractivity contribution in [1.29, 1.82) is 10.5 Å². The van der Waals surface area contributed by atoms with Crippen LogP contribution in [0, 0.1) is 22.7 Å². The molecule has 0 fully saturated rings. The zero-order valence-electron chi connectivity index (χ0n) is 8.38. The number of aromatic hydroxyl groups is 2. The van der Waals surface area contributed by atoms with Gasteiger partial charge in [0.15, 0.2) is 11.5 Å². The number of hydrogen-bond acceptors (Lipinski definition) is 5. The van der Waals surface area contributed by atoms with Gasteiger partial charge in [-0.2, -0.15) is 10.5 Å². The van der Waals surface area contributed by atoms with Gasteiger partial charge in [-0.05, 0) is 6.08 Å². The number of phenolic OH excluding ortho intramolecular Hbond substituents is 2. The average molecular weight is 230 g/mol. The molecule has 0 atom stereocenters. The van der Waals surface area contributed by atoms with E-state index in [1.165, 1.54) is 0 Å². The number of carbonyl (C=O) groups is 1. The van der Waals surface area contributed by atoms with E-state index in [0.29, 0.717) is 0 Å². The van der Waals surface area contributed by atoms with Crippen molar-refractivity contribution in [2.75, 3.05) is 0 Å². The topological polar surface area (TPSA) is 125 Å². The molecular weight excluding hydrogens is 224 g/mol. The number of carboxylic acid groups (broad SMARTS) is 1. The number of carboxylic acids is 1. The van der Waals surface area contributed by atoms with Gasteiger partial charge < -0.3 is 15.3 Å². The third-order valence-corrected chi connectivity index (χ3v) is 1.94. The Balaban J connectivity index is 3.57. The van der Waals surface area contributed by atoms with E-state index in [4.69, 9.17) is 15.6 Å². The number of phenols is 2. The molecule has 3 N–H and O–H groups in total. The third kappa shape index (κ3) is 2.33. The predicted octanol–water partition coefficient (Wildman–Crippen LogP) is 0.939. The van der Waals surface area contributed by atoms with Crippen LogP contribution in [-0.2, 0) is 4.79 Å². The van der Waals surface area contributed by atoms with Gasteiger partial charge in [-0.15, -0.1) is 0 Å². The Labute approximate surface area is 95.9 Å². The van der Waals surface area contributed by atoms with Crippen LogP contribution >= 0.6 is 0 Å². The predicted molar refractivity (Wildman–Crippen MR) is 55.9 cm³/mol. The first kappa shape index (κ1) is 12.1. The highest BCUT2D eigenvalue weighted by Gasteiger charge is 2.15. The van der Waals surface area contributed by atoms with E-state index in [2.05, 4.69) is 0 Å². The molecule has 84 valence electrons. The number of nitriles is 2. The van der Waals surface area contributed by atoms with Crippen LogP contribution in [0.4, 0.5) is 0 Å².